The summed E-state index contributed by atoms with van der Waals surface area (Å²) in [7, 11) is 1.69. The smallest absolute Gasteiger partial charge is 0.253 e. The number of rotatable bonds is 6. The Morgan fingerprint density at radius 1 is 1.32 bits per heavy atom. The van der Waals surface area contributed by atoms with Gasteiger partial charge in [0.15, 0.2) is 0 Å². The van der Waals surface area contributed by atoms with Crippen molar-refractivity contribution in [1.29, 1.82) is 0 Å². The molecule has 0 aliphatic carbocycles. The zero-order chi connectivity index (χ0) is 13.5. The first-order valence-corrected chi connectivity index (χ1v) is 6.71. The second kappa shape index (κ2) is 6.99. The van der Waals surface area contributed by atoms with Crippen LogP contribution >= 0.6 is 0 Å². The molecule has 5 nitrogen and oxygen atoms in total. The summed E-state index contributed by atoms with van der Waals surface area (Å²) < 4.78 is 4.98. The van der Waals surface area contributed by atoms with Crippen molar-refractivity contribution in [2.24, 2.45) is 0 Å². The van der Waals surface area contributed by atoms with E-state index in [9.17, 15) is 4.79 Å². The number of benzene rings is 1. The zero-order valence-corrected chi connectivity index (χ0v) is 11.3. The van der Waals surface area contributed by atoms with Gasteiger partial charge in [-0.3, -0.25) is 4.79 Å². The van der Waals surface area contributed by atoms with Crippen molar-refractivity contribution in [3.05, 3.63) is 23.8 Å². The van der Waals surface area contributed by atoms with Crippen molar-refractivity contribution < 1.29 is 9.53 Å². The lowest BCUT2D eigenvalue weighted by atomic mass is 10.1. The molecular weight excluding hydrogens is 242 g/mol. The molecule has 0 atom stereocenters. The minimum Gasteiger partial charge on any atom is -0.385 e. The fraction of sp³-hybridized carbons (Fsp3) is 0.500. The number of hydrogen-bond acceptors (Lipinski definition) is 4. The predicted octanol–water partition coefficient (Wildman–Crippen LogP) is 1.68. The summed E-state index contributed by atoms with van der Waals surface area (Å²) in [6.07, 6.45) is 1.89. The third-order valence-corrected chi connectivity index (χ3v) is 3.11. The standard InChI is InChI=1S/C14H21N3O2/c1-19-10-3-2-7-17-14(18)11-5-4-6-12-13(11)16-9-8-15-12/h4-6,15-16H,2-3,7-10H2,1H3,(H,17,18). The molecule has 104 valence electrons. The van der Waals surface area contributed by atoms with E-state index in [1.807, 2.05) is 18.2 Å². The Morgan fingerprint density at radius 3 is 3.00 bits per heavy atom. The topological polar surface area (TPSA) is 62.4 Å². The van der Waals surface area contributed by atoms with Gasteiger partial charge in [-0.1, -0.05) is 6.07 Å². The third-order valence-electron chi connectivity index (χ3n) is 3.11. The molecule has 1 heterocycles. The molecule has 2 rings (SSSR count). The molecule has 1 aliphatic rings. The van der Waals surface area contributed by atoms with Crippen LogP contribution in [0.4, 0.5) is 11.4 Å². The number of hydrogen-bond donors (Lipinski definition) is 3. The van der Waals surface area contributed by atoms with Gasteiger partial charge in [0, 0.05) is 33.4 Å². The lowest BCUT2D eigenvalue weighted by Crippen LogP contribution is -2.28. The first kappa shape index (κ1) is 13.7. The van der Waals surface area contributed by atoms with Crippen LogP contribution in [0.2, 0.25) is 0 Å². The van der Waals surface area contributed by atoms with Crippen molar-refractivity contribution in [2.45, 2.75) is 12.8 Å². The molecule has 1 amide bonds. The number of carbonyl (C=O) groups is 1. The van der Waals surface area contributed by atoms with Gasteiger partial charge in [0.1, 0.15) is 0 Å². The van der Waals surface area contributed by atoms with Gasteiger partial charge in [-0.05, 0) is 25.0 Å². The summed E-state index contributed by atoms with van der Waals surface area (Å²) in [5, 5.41) is 9.51. The van der Waals surface area contributed by atoms with Gasteiger partial charge in [-0.15, -0.1) is 0 Å². The fourth-order valence-electron chi connectivity index (χ4n) is 2.13. The van der Waals surface area contributed by atoms with Crippen molar-refractivity contribution in [3.63, 3.8) is 0 Å². The molecule has 0 saturated heterocycles. The van der Waals surface area contributed by atoms with E-state index in [0.29, 0.717) is 12.1 Å². The van der Waals surface area contributed by atoms with Gasteiger partial charge in [-0.2, -0.15) is 0 Å². The van der Waals surface area contributed by atoms with Crippen LogP contribution in [0.5, 0.6) is 0 Å². The van der Waals surface area contributed by atoms with Crippen LogP contribution in [0, 0.1) is 0 Å². The second-order valence-electron chi connectivity index (χ2n) is 4.54. The SMILES string of the molecule is COCCCCNC(=O)c1cccc2c1NCCN2. The number of nitrogens with one attached hydrogen (secondary N) is 3. The summed E-state index contributed by atoms with van der Waals surface area (Å²) in [5.41, 5.74) is 2.61. The Labute approximate surface area is 113 Å². The molecule has 1 aromatic rings. The second-order valence-corrected chi connectivity index (χ2v) is 4.54. The highest BCUT2D eigenvalue weighted by molar-refractivity contribution is 6.02. The molecule has 5 heteroatoms. The number of anilines is 2. The quantitative estimate of drug-likeness (QED) is 0.683. The molecular formula is C14H21N3O2. The molecule has 0 unspecified atom stereocenters. The Hall–Kier alpha value is -1.75. The number of para-hydroxylation sites is 1. The molecule has 0 radical (unpaired) electrons. The largest absolute Gasteiger partial charge is 0.385 e. The molecule has 19 heavy (non-hydrogen) atoms. The Balaban J connectivity index is 1.92. The zero-order valence-electron chi connectivity index (χ0n) is 11.3. The highest BCUT2D eigenvalue weighted by Crippen LogP contribution is 2.28. The molecule has 1 aliphatic heterocycles. The van der Waals surface area contributed by atoms with Crippen molar-refractivity contribution in [1.82, 2.24) is 5.32 Å². The summed E-state index contributed by atoms with van der Waals surface area (Å²) in [6, 6.07) is 5.73. The summed E-state index contributed by atoms with van der Waals surface area (Å²) >= 11 is 0. The molecule has 1 aromatic carbocycles. The van der Waals surface area contributed by atoms with E-state index in [2.05, 4.69) is 16.0 Å². The maximum Gasteiger partial charge on any atom is 0.253 e. The van der Waals surface area contributed by atoms with Crippen LogP contribution in [-0.4, -0.2) is 39.3 Å². The summed E-state index contributed by atoms with van der Waals surface area (Å²) in [5.74, 6) is -0.0227. The molecule has 0 fully saturated rings. The van der Waals surface area contributed by atoms with E-state index in [1.165, 1.54) is 0 Å². The van der Waals surface area contributed by atoms with Gasteiger partial charge in [-0.25, -0.2) is 0 Å². The van der Waals surface area contributed by atoms with E-state index in [-0.39, 0.29) is 5.91 Å². The van der Waals surface area contributed by atoms with Crippen molar-refractivity contribution >= 4 is 17.3 Å². The van der Waals surface area contributed by atoms with Crippen LogP contribution in [-0.2, 0) is 4.74 Å². The number of ether oxygens (including phenoxy) is 1. The number of fused-ring (bicyclic) bond motifs is 1. The van der Waals surface area contributed by atoms with E-state index in [1.54, 1.807) is 7.11 Å². The summed E-state index contributed by atoms with van der Waals surface area (Å²) in [6.45, 7) is 3.14. The minimum atomic E-state index is -0.0227. The van der Waals surface area contributed by atoms with Gasteiger partial charge in [0.05, 0.1) is 16.9 Å². The molecule has 0 aromatic heterocycles. The monoisotopic (exact) mass is 263 g/mol. The first-order chi connectivity index (χ1) is 9.33. The predicted molar refractivity (Wildman–Crippen MR) is 76.9 cm³/mol. The average Bonchev–Trinajstić information content (AvgIpc) is 2.46. The van der Waals surface area contributed by atoms with Gasteiger partial charge in [0.2, 0.25) is 0 Å². The van der Waals surface area contributed by atoms with E-state index >= 15 is 0 Å². The minimum absolute atomic E-state index is 0.0227. The average molecular weight is 263 g/mol. The maximum absolute atomic E-state index is 12.1. The van der Waals surface area contributed by atoms with Crippen LogP contribution in [0.1, 0.15) is 23.2 Å². The first-order valence-electron chi connectivity index (χ1n) is 6.71. The van der Waals surface area contributed by atoms with Crippen LogP contribution in [0.3, 0.4) is 0 Å². The number of carbonyl (C=O) groups excluding carboxylic acids is 1. The molecule has 3 N–H and O–H groups in total. The fourth-order valence-corrected chi connectivity index (χ4v) is 2.13. The number of amides is 1. The lowest BCUT2D eigenvalue weighted by molar-refractivity contribution is 0.0952. The Kier molecular flexibility index (Phi) is 5.03. The van der Waals surface area contributed by atoms with E-state index in [4.69, 9.17) is 4.74 Å². The van der Waals surface area contributed by atoms with Crippen LogP contribution in [0.25, 0.3) is 0 Å². The number of methoxy groups -OCH3 is 1. The van der Waals surface area contributed by atoms with Gasteiger partial charge in [0.25, 0.3) is 5.91 Å². The Bertz CT molecular complexity index is 435. The van der Waals surface area contributed by atoms with Gasteiger partial charge >= 0.3 is 0 Å². The molecule has 0 spiro atoms. The van der Waals surface area contributed by atoms with Gasteiger partial charge < -0.3 is 20.7 Å². The van der Waals surface area contributed by atoms with Crippen molar-refractivity contribution in [3.8, 4) is 0 Å². The van der Waals surface area contributed by atoms with Crippen LogP contribution < -0.4 is 16.0 Å². The van der Waals surface area contributed by atoms with E-state index in [0.717, 1.165) is 43.9 Å². The maximum atomic E-state index is 12.1. The normalized spacial score (nSPS) is 13.1. The Morgan fingerprint density at radius 2 is 2.16 bits per heavy atom. The highest BCUT2D eigenvalue weighted by atomic mass is 16.5. The number of unbranched alkanes of at least 4 members (excludes halogenated alkanes) is 1. The molecule has 0 bridgehead atoms. The third kappa shape index (κ3) is 3.61. The van der Waals surface area contributed by atoms with Crippen LogP contribution in [0.15, 0.2) is 18.2 Å². The lowest BCUT2D eigenvalue weighted by Gasteiger charge is -2.22. The van der Waals surface area contributed by atoms with E-state index < -0.39 is 0 Å². The van der Waals surface area contributed by atoms with Crippen molar-refractivity contribution in [2.75, 3.05) is 44.0 Å². The highest BCUT2D eigenvalue weighted by Gasteiger charge is 2.16. The molecule has 0 saturated carbocycles. The summed E-state index contributed by atoms with van der Waals surface area (Å²) in [4.78, 5) is 12.1.